The van der Waals surface area contributed by atoms with Gasteiger partial charge in [0, 0.05) is 11.6 Å². The number of carbonyl (C=O) groups excluding carboxylic acids is 2. The number of furan rings is 1. The highest BCUT2D eigenvalue weighted by Gasteiger charge is 2.46. The highest BCUT2D eigenvalue weighted by Crippen LogP contribution is 2.44. The molecule has 2 aliphatic rings. The van der Waals surface area contributed by atoms with Crippen LogP contribution in [0, 0.1) is 5.82 Å². The number of urea groups is 1. The molecule has 34 heavy (non-hydrogen) atoms. The number of ether oxygens (including phenoxy) is 1. The number of carbonyl (C=O) groups is 2. The van der Waals surface area contributed by atoms with Gasteiger partial charge in [0.05, 0.1) is 31.5 Å². The molecule has 6 nitrogen and oxygen atoms in total. The van der Waals surface area contributed by atoms with E-state index >= 15 is 4.39 Å². The van der Waals surface area contributed by atoms with Gasteiger partial charge in [0.2, 0.25) is 0 Å². The van der Waals surface area contributed by atoms with E-state index in [-0.39, 0.29) is 24.4 Å². The van der Waals surface area contributed by atoms with E-state index in [1.54, 1.807) is 29.4 Å². The van der Waals surface area contributed by atoms with Crippen LogP contribution in [0.1, 0.15) is 30.6 Å². The van der Waals surface area contributed by atoms with E-state index in [1.165, 1.54) is 13.2 Å². The van der Waals surface area contributed by atoms with Gasteiger partial charge in [-0.1, -0.05) is 42.5 Å². The van der Waals surface area contributed by atoms with E-state index in [2.05, 4.69) is 5.32 Å². The largest absolute Gasteiger partial charge is 0.467 e. The molecule has 2 amide bonds. The van der Waals surface area contributed by atoms with Crippen molar-refractivity contribution >= 4 is 17.6 Å². The smallest absolute Gasteiger partial charge is 0.336 e. The Morgan fingerprint density at radius 2 is 1.91 bits per heavy atom. The SMILES string of the molecule is COC(=O)C1=C(c2ccc(-c3ccccc3)c(F)c2)C[C@@H]2CC[C@H]1N2C(=O)NCc1ccco1. The van der Waals surface area contributed by atoms with Gasteiger partial charge < -0.3 is 19.4 Å². The van der Waals surface area contributed by atoms with Crippen LogP contribution in [0.15, 0.2) is 76.9 Å². The first-order valence-electron chi connectivity index (χ1n) is 11.3. The maximum absolute atomic E-state index is 15.1. The first-order valence-corrected chi connectivity index (χ1v) is 11.3. The Kier molecular flexibility index (Phi) is 5.92. The maximum Gasteiger partial charge on any atom is 0.336 e. The fourth-order valence-electron chi connectivity index (χ4n) is 5.09. The van der Waals surface area contributed by atoms with Gasteiger partial charge in [0.1, 0.15) is 11.6 Å². The summed E-state index contributed by atoms with van der Waals surface area (Å²) in [7, 11) is 1.33. The van der Waals surface area contributed by atoms with E-state index in [0.717, 1.165) is 17.6 Å². The Labute approximate surface area is 197 Å². The highest BCUT2D eigenvalue weighted by atomic mass is 19.1. The summed E-state index contributed by atoms with van der Waals surface area (Å²) in [6, 6.07) is 17.2. The molecule has 3 heterocycles. The molecule has 2 bridgehead atoms. The maximum atomic E-state index is 15.1. The summed E-state index contributed by atoms with van der Waals surface area (Å²) in [4.78, 5) is 27.7. The normalized spacial score (nSPS) is 19.3. The zero-order chi connectivity index (χ0) is 23.7. The Balaban J connectivity index is 1.47. The third kappa shape index (κ3) is 3.98. The van der Waals surface area contributed by atoms with E-state index < -0.39 is 12.0 Å². The summed E-state index contributed by atoms with van der Waals surface area (Å²) in [5.41, 5.74) is 3.11. The van der Waals surface area contributed by atoms with Crippen molar-refractivity contribution in [3.05, 3.63) is 89.6 Å². The molecule has 3 aromatic rings. The van der Waals surface area contributed by atoms with Gasteiger partial charge in [-0.3, -0.25) is 0 Å². The van der Waals surface area contributed by atoms with Crippen molar-refractivity contribution in [2.75, 3.05) is 7.11 Å². The Bertz CT molecular complexity index is 1240. The van der Waals surface area contributed by atoms with Crippen molar-refractivity contribution in [3.63, 3.8) is 0 Å². The molecule has 2 aromatic carbocycles. The number of benzene rings is 2. The molecule has 1 saturated heterocycles. The molecule has 0 spiro atoms. The Morgan fingerprint density at radius 1 is 1.09 bits per heavy atom. The molecule has 2 aliphatic heterocycles. The number of nitrogens with one attached hydrogen (secondary N) is 1. The van der Waals surface area contributed by atoms with Crippen LogP contribution in [0.5, 0.6) is 0 Å². The highest BCUT2D eigenvalue weighted by molar-refractivity contribution is 6.01. The van der Waals surface area contributed by atoms with Gasteiger partial charge in [-0.2, -0.15) is 0 Å². The van der Waals surface area contributed by atoms with E-state index in [1.807, 2.05) is 36.4 Å². The predicted molar refractivity (Wildman–Crippen MR) is 125 cm³/mol. The second kappa shape index (κ2) is 9.17. The summed E-state index contributed by atoms with van der Waals surface area (Å²) in [5, 5.41) is 2.88. The number of hydrogen-bond acceptors (Lipinski definition) is 4. The molecule has 0 aliphatic carbocycles. The van der Waals surface area contributed by atoms with Crippen LogP contribution >= 0.6 is 0 Å². The van der Waals surface area contributed by atoms with Crippen LogP contribution in [-0.2, 0) is 16.1 Å². The van der Waals surface area contributed by atoms with Crippen molar-refractivity contribution in [1.82, 2.24) is 10.2 Å². The molecule has 2 atom stereocenters. The average molecular weight is 461 g/mol. The van der Waals surface area contributed by atoms with Crippen LogP contribution < -0.4 is 5.32 Å². The number of rotatable bonds is 5. The van der Waals surface area contributed by atoms with Gasteiger partial charge in [0.15, 0.2) is 0 Å². The summed E-state index contributed by atoms with van der Waals surface area (Å²) >= 11 is 0. The molecular weight excluding hydrogens is 435 g/mol. The van der Waals surface area contributed by atoms with Crippen molar-refractivity contribution in [2.45, 2.75) is 37.9 Å². The summed E-state index contributed by atoms with van der Waals surface area (Å²) in [5.74, 6) is -0.195. The van der Waals surface area contributed by atoms with Gasteiger partial charge in [-0.05, 0) is 54.2 Å². The van der Waals surface area contributed by atoms with Crippen molar-refractivity contribution < 1.29 is 23.1 Å². The number of esters is 1. The fraction of sp³-hybridized carbons (Fsp3) is 0.259. The molecule has 1 fully saturated rings. The minimum atomic E-state index is -0.489. The Hall–Kier alpha value is -3.87. The van der Waals surface area contributed by atoms with Crippen molar-refractivity contribution in [3.8, 4) is 11.1 Å². The van der Waals surface area contributed by atoms with Gasteiger partial charge in [-0.25, -0.2) is 14.0 Å². The quantitative estimate of drug-likeness (QED) is 0.534. The van der Waals surface area contributed by atoms with Crippen LogP contribution in [0.2, 0.25) is 0 Å². The Morgan fingerprint density at radius 3 is 2.62 bits per heavy atom. The summed E-state index contributed by atoms with van der Waals surface area (Å²) < 4.78 is 25.5. The lowest BCUT2D eigenvalue weighted by atomic mass is 9.87. The first-order chi connectivity index (χ1) is 16.6. The fourth-order valence-corrected chi connectivity index (χ4v) is 5.09. The lowest BCUT2D eigenvalue weighted by Gasteiger charge is -2.37. The topological polar surface area (TPSA) is 71.8 Å². The predicted octanol–water partition coefficient (Wildman–Crippen LogP) is 5.16. The minimum absolute atomic E-state index is 0.0816. The molecule has 0 radical (unpaired) electrons. The molecule has 0 saturated carbocycles. The van der Waals surface area contributed by atoms with E-state index in [4.69, 9.17) is 9.15 Å². The monoisotopic (exact) mass is 460 g/mol. The number of methoxy groups -OCH3 is 1. The number of amides is 2. The van der Waals surface area contributed by atoms with Crippen molar-refractivity contribution in [2.24, 2.45) is 0 Å². The van der Waals surface area contributed by atoms with E-state index in [9.17, 15) is 9.59 Å². The summed E-state index contributed by atoms with van der Waals surface area (Å²) in [6.07, 6.45) is 3.42. The molecule has 174 valence electrons. The number of hydrogen-bond donors (Lipinski definition) is 1. The second-order valence-electron chi connectivity index (χ2n) is 8.54. The first kappa shape index (κ1) is 21.9. The zero-order valence-electron chi connectivity index (χ0n) is 18.8. The standard InChI is InChI=1S/C27H25FN2O4/c1-33-26(31)25-22(18-9-11-21(23(28)14-18)17-6-3-2-4-7-17)15-19-10-12-24(25)30(19)27(32)29-16-20-8-5-13-34-20/h2-9,11,13-14,19,24H,10,12,15-16H2,1H3,(H,29,32)/t19-,24+/m0/s1. The minimum Gasteiger partial charge on any atom is -0.467 e. The van der Waals surface area contributed by atoms with Crippen LogP contribution in [0.4, 0.5) is 9.18 Å². The second-order valence-corrected chi connectivity index (χ2v) is 8.54. The lowest BCUT2D eigenvalue weighted by molar-refractivity contribution is -0.136. The van der Waals surface area contributed by atoms with Crippen LogP contribution in [0.3, 0.4) is 0 Å². The third-order valence-electron chi connectivity index (χ3n) is 6.64. The van der Waals surface area contributed by atoms with Crippen molar-refractivity contribution in [1.29, 1.82) is 0 Å². The van der Waals surface area contributed by atoms with Gasteiger partial charge in [-0.15, -0.1) is 0 Å². The lowest BCUT2D eigenvalue weighted by Crippen LogP contribution is -2.50. The van der Waals surface area contributed by atoms with Gasteiger partial charge in [0.25, 0.3) is 0 Å². The average Bonchev–Trinajstić information content (AvgIpc) is 3.49. The zero-order valence-corrected chi connectivity index (χ0v) is 18.8. The number of fused-ring (bicyclic) bond motifs is 2. The number of halogens is 1. The van der Waals surface area contributed by atoms with Crippen LogP contribution in [-0.4, -0.2) is 36.1 Å². The van der Waals surface area contributed by atoms with Crippen LogP contribution in [0.25, 0.3) is 16.7 Å². The van der Waals surface area contributed by atoms with Gasteiger partial charge >= 0.3 is 12.0 Å². The molecule has 1 N–H and O–H groups in total. The van der Waals surface area contributed by atoms with E-state index in [0.29, 0.717) is 35.3 Å². The molecule has 7 heteroatoms. The molecule has 1 aromatic heterocycles. The molecule has 0 unspecified atom stereocenters. The summed E-state index contributed by atoms with van der Waals surface area (Å²) in [6.45, 7) is 0.262. The molecular formula is C27H25FN2O4. The third-order valence-corrected chi connectivity index (χ3v) is 6.64. The number of nitrogens with zero attached hydrogens (tertiary/aromatic N) is 1. The molecule has 5 rings (SSSR count).